The maximum atomic E-state index is 10.9. The number of fused-ring (bicyclic) bond motifs is 2. The zero-order valence-corrected chi connectivity index (χ0v) is 21.6. The van der Waals surface area contributed by atoms with Crippen LogP contribution < -0.4 is 0 Å². The second-order valence-corrected chi connectivity index (χ2v) is 11.3. The van der Waals surface area contributed by atoms with Crippen molar-refractivity contribution in [3.8, 4) is 0 Å². The van der Waals surface area contributed by atoms with Gasteiger partial charge in [0.1, 0.15) is 11.4 Å². The Kier molecular flexibility index (Phi) is 6.15. The minimum atomic E-state index is -1.02. The highest BCUT2D eigenvalue weighted by Gasteiger charge is 2.37. The fourth-order valence-corrected chi connectivity index (χ4v) is 6.22. The number of imidazole rings is 1. The quantitative estimate of drug-likeness (QED) is 0.522. The third-order valence-electron chi connectivity index (χ3n) is 7.34. The Labute approximate surface area is 204 Å². The molecule has 0 amide bonds. The molecular weight excluding hydrogens is 478 g/mol. The highest BCUT2D eigenvalue weighted by Crippen LogP contribution is 2.36. The van der Waals surface area contributed by atoms with Crippen LogP contribution in [0.3, 0.4) is 0 Å². The van der Waals surface area contributed by atoms with Gasteiger partial charge in [-0.2, -0.15) is 0 Å². The number of aryl methyl sites for hydroxylation is 1. The van der Waals surface area contributed by atoms with Gasteiger partial charge in [0, 0.05) is 31.2 Å². The van der Waals surface area contributed by atoms with Crippen molar-refractivity contribution in [1.29, 1.82) is 0 Å². The van der Waals surface area contributed by atoms with Gasteiger partial charge in [-0.3, -0.25) is 0 Å². The molecule has 3 atom stereocenters. The van der Waals surface area contributed by atoms with Gasteiger partial charge in [-0.25, -0.2) is 4.98 Å². The molecule has 1 fully saturated rings. The maximum absolute atomic E-state index is 10.9. The first kappa shape index (κ1) is 23.0. The molecule has 1 saturated heterocycles. The molecule has 0 unspecified atom stereocenters. The van der Waals surface area contributed by atoms with Crippen LogP contribution in [0, 0.1) is 12.8 Å². The van der Waals surface area contributed by atoms with Crippen molar-refractivity contribution in [2.75, 3.05) is 26.7 Å². The van der Waals surface area contributed by atoms with Crippen molar-refractivity contribution in [3.05, 3.63) is 63.4 Å². The third-order valence-corrected chi connectivity index (χ3v) is 7.83. The Balaban J connectivity index is 1.36. The van der Waals surface area contributed by atoms with Gasteiger partial charge < -0.3 is 19.3 Å². The van der Waals surface area contributed by atoms with Gasteiger partial charge in [-0.15, -0.1) is 0 Å². The number of hydrogen-bond donors (Lipinski definition) is 1. The summed E-state index contributed by atoms with van der Waals surface area (Å²) in [6, 6.07) is 13.2. The van der Waals surface area contributed by atoms with E-state index in [1.165, 1.54) is 21.2 Å². The van der Waals surface area contributed by atoms with E-state index in [0.29, 0.717) is 5.92 Å². The summed E-state index contributed by atoms with van der Waals surface area (Å²) in [5, 5.41) is 10.9. The monoisotopic (exact) mass is 511 g/mol. The summed E-state index contributed by atoms with van der Waals surface area (Å²) in [5.74, 6) is 1.38. The molecule has 6 heteroatoms. The van der Waals surface area contributed by atoms with Gasteiger partial charge in [0.25, 0.3) is 0 Å². The Morgan fingerprint density at radius 1 is 1.15 bits per heavy atom. The van der Waals surface area contributed by atoms with Crippen LogP contribution in [0.15, 0.2) is 40.9 Å². The van der Waals surface area contributed by atoms with Crippen LogP contribution >= 0.6 is 15.9 Å². The van der Waals surface area contributed by atoms with Gasteiger partial charge >= 0.3 is 0 Å². The zero-order valence-electron chi connectivity index (χ0n) is 20.0. The van der Waals surface area contributed by atoms with Crippen molar-refractivity contribution in [1.82, 2.24) is 14.5 Å². The summed E-state index contributed by atoms with van der Waals surface area (Å²) >= 11 is 3.61. The summed E-state index contributed by atoms with van der Waals surface area (Å²) in [6.07, 6.45) is 3.35. The second-order valence-electron chi connectivity index (χ2n) is 10.4. The number of aromatic nitrogens is 2. The molecule has 1 aliphatic carbocycles. The molecule has 0 spiro atoms. The molecule has 0 radical (unpaired) electrons. The van der Waals surface area contributed by atoms with Crippen LogP contribution in [0.25, 0.3) is 11.0 Å². The Hall–Kier alpha value is -1.73. The fourth-order valence-electron chi connectivity index (χ4n) is 5.81. The van der Waals surface area contributed by atoms with Crippen LogP contribution in [-0.4, -0.2) is 52.4 Å². The molecule has 2 heterocycles. The first-order chi connectivity index (χ1) is 15.7. The highest BCUT2D eigenvalue weighted by molar-refractivity contribution is 9.10. The van der Waals surface area contributed by atoms with Crippen molar-refractivity contribution in [3.63, 3.8) is 0 Å². The van der Waals surface area contributed by atoms with Gasteiger partial charge in [0.2, 0.25) is 0 Å². The van der Waals surface area contributed by atoms with Gasteiger partial charge in [0.15, 0.2) is 0 Å². The maximum Gasteiger partial charge on any atom is 0.141 e. The summed E-state index contributed by atoms with van der Waals surface area (Å²) in [5.41, 5.74) is 5.16. The normalized spacial score (nSPS) is 23.9. The summed E-state index contributed by atoms with van der Waals surface area (Å²) < 4.78 is 9.49. The van der Waals surface area contributed by atoms with Gasteiger partial charge in [-0.05, 0) is 86.9 Å². The van der Waals surface area contributed by atoms with Crippen molar-refractivity contribution in [2.24, 2.45) is 5.92 Å². The molecule has 2 aromatic carbocycles. The first-order valence-corrected chi connectivity index (χ1v) is 12.8. The molecule has 5 nitrogen and oxygen atoms in total. The smallest absolute Gasteiger partial charge is 0.141 e. The van der Waals surface area contributed by atoms with Crippen LogP contribution in [-0.2, 0) is 23.2 Å². The van der Waals surface area contributed by atoms with E-state index in [2.05, 4.69) is 68.7 Å². The van der Waals surface area contributed by atoms with Crippen LogP contribution in [0.5, 0.6) is 0 Å². The van der Waals surface area contributed by atoms with Crippen LogP contribution in [0.2, 0.25) is 0 Å². The Morgan fingerprint density at radius 3 is 2.70 bits per heavy atom. The van der Waals surface area contributed by atoms with E-state index in [4.69, 9.17) is 9.72 Å². The van der Waals surface area contributed by atoms with E-state index in [1.54, 1.807) is 0 Å². The summed E-state index contributed by atoms with van der Waals surface area (Å²) in [6.45, 7) is 8.75. The van der Waals surface area contributed by atoms with Crippen molar-refractivity contribution >= 4 is 27.0 Å². The molecule has 1 aromatic heterocycles. The molecule has 1 aliphatic heterocycles. The number of ether oxygens (including phenoxy) is 1. The Morgan fingerprint density at radius 2 is 1.94 bits per heavy atom. The average Bonchev–Trinajstić information content (AvgIpc) is 3.33. The Bertz CT molecular complexity index is 1170. The molecule has 33 heavy (non-hydrogen) atoms. The number of hydrogen-bond acceptors (Lipinski definition) is 4. The SMILES string of the molecule is CO[C@@H]1CN(C[C@H]2Cc3ccc(Br)cc3C2)CC[C@@H]1n1c(C(C)(C)O)nc2cc(C)ccc21. The number of benzene rings is 2. The molecule has 1 N–H and O–H groups in total. The molecule has 3 aromatic rings. The van der Waals surface area contributed by atoms with E-state index >= 15 is 0 Å². The lowest BCUT2D eigenvalue weighted by atomic mass is 9.97. The predicted octanol–water partition coefficient (Wildman–Crippen LogP) is 5.01. The molecule has 2 aliphatic rings. The average molecular weight is 512 g/mol. The lowest BCUT2D eigenvalue weighted by Crippen LogP contribution is -2.47. The predicted molar refractivity (Wildman–Crippen MR) is 136 cm³/mol. The van der Waals surface area contributed by atoms with Crippen molar-refractivity contribution in [2.45, 2.75) is 57.8 Å². The molecule has 176 valence electrons. The van der Waals surface area contributed by atoms with Gasteiger partial charge in [-0.1, -0.05) is 28.1 Å². The number of nitrogens with zero attached hydrogens (tertiary/aromatic N) is 3. The lowest BCUT2D eigenvalue weighted by Gasteiger charge is -2.40. The number of likely N-dealkylation sites (tertiary alicyclic amines) is 1. The largest absolute Gasteiger partial charge is 0.383 e. The van der Waals surface area contributed by atoms with Crippen molar-refractivity contribution < 1.29 is 9.84 Å². The van der Waals surface area contributed by atoms with E-state index in [0.717, 1.165) is 55.8 Å². The summed E-state index contributed by atoms with van der Waals surface area (Å²) in [7, 11) is 1.82. The van der Waals surface area contributed by atoms with Crippen LogP contribution in [0.4, 0.5) is 0 Å². The third kappa shape index (κ3) is 4.51. The standard InChI is InChI=1S/C27H34BrN3O2/c1-17-5-8-23-22(11-17)29-26(27(2,3)32)31(23)24-9-10-30(16-25(24)33-4)15-18-12-19-6-7-21(28)14-20(19)13-18/h5-8,11,14,18,24-25,32H,9-10,12-13,15-16H2,1-4H3/t18-,24-,25+/m0/s1. The van der Waals surface area contributed by atoms with Crippen LogP contribution in [0.1, 0.15) is 48.8 Å². The fraction of sp³-hybridized carbons (Fsp3) is 0.519. The lowest BCUT2D eigenvalue weighted by molar-refractivity contribution is -0.0151. The first-order valence-electron chi connectivity index (χ1n) is 12.0. The minimum absolute atomic E-state index is 0.0523. The van der Waals surface area contributed by atoms with E-state index in [9.17, 15) is 5.11 Å². The topological polar surface area (TPSA) is 50.5 Å². The highest BCUT2D eigenvalue weighted by atomic mass is 79.9. The molecule has 5 rings (SSSR count). The number of piperidine rings is 1. The van der Waals surface area contributed by atoms with E-state index in [1.807, 2.05) is 21.0 Å². The molecule has 0 saturated carbocycles. The zero-order chi connectivity index (χ0) is 23.3. The number of aliphatic hydroxyl groups is 1. The molecular formula is C27H34BrN3O2. The number of methoxy groups -OCH3 is 1. The number of halogens is 1. The van der Waals surface area contributed by atoms with E-state index in [-0.39, 0.29) is 12.1 Å². The number of rotatable bonds is 5. The minimum Gasteiger partial charge on any atom is -0.383 e. The van der Waals surface area contributed by atoms with E-state index < -0.39 is 5.60 Å². The van der Waals surface area contributed by atoms with Gasteiger partial charge in [0.05, 0.1) is 23.2 Å². The summed E-state index contributed by atoms with van der Waals surface area (Å²) in [4.78, 5) is 7.43. The second kappa shape index (κ2) is 8.81. The molecule has 0 bridgehead atoms.